The number of piperidine rings is 1. The van der Waals surface area contributed by atoms with E-state index in [0.29, 0.717) is 6.04 Å². The summed E-state index contributed by atoms with van der Waals surface area (Å²) in [6.07, 6.45) is 5.71. The Bertz CT molecular complexity index is 462. The highest BCUT2D eigenvalue weighted by atomic mass is 79.9. The second kappa shape index (κ2) is 6.68. The van der Waals surface area contributed by atoms with E-state index in [2.05, 4.69) is 34.9 Å². The summed E-state index contributed by atoms with van der Waals surface area (Å²) in [6.45, 7) is 1.72. The van der Waals surface area contributed by atoms with Gasteiger partial charge in [0.2, 0.25) is 5.91 Å². The number of thiophene rings is 1. The molecule has 5 heteroatoms. The van der Waals surface area contributed by atoms with Gasteiger partial charge in [0.05, 0.1) is 3.79 Å². The quantitative estimate of drug-likeness (QED) is 0.788. The van der Waals surface area contributed by atoms with E-state index in [0.717, 1.165) is 35.3 Å². The number of likely N-dealkylation sites (tertiary alicyclic amines) is 1. The Balaban J connectivity index is 1.86. The molecule has 1 aliphatic heterocycles. The maximum atomic E-state index is 12.1. The van der Waals surface area contributed by atoms with E-state index in [1.807, 2.05) is 22.4 Å². The lowest BCUT2D eigenvalue weighted by Gasteiger charge is -2.34. The minimum absolute atomic E-state index is 0.125. The van der Waals surface area contributed by atoms with E-state index in [1.165, 1.54) is 0 Å². The molecule has 104 valence electrons. The van der Waals surface area contributed by atoms with Crippen molar-refractivity contribution in [3.8, 4) is 0 Å². The Hall–Kier alpha value is -0.650. The van der Waals surface area contributed by atoms with Crippen LogP contribution in [0.2, 0.25) is 0 Å². The van der Waals surface area contributed by atoms with Gasteiger partial charge in [0.1, 0.15) is 0 Å². The molecule has 0 N–H and O–H groups in total. The van der Waals surface area contributed by atoms with Gasteiger partial charge in [0.25, 0.3) is 0 Å². The van der Waals surface area contributed by atoms with Gasteiger partial charge in [-0.25, -0.2) is 0 Å². The molecule has 1 aromatic rings. The molecular weight excluding hydrogens is 324 g/mol. The molecule has 0 spiro atoms. The van der Waals surface area contributed by atoms with Gasteiger partial charge >= 0.3 is 0 Å². The van der Waals surface area contributed by atoms with Gasteiger partial charge in [0.15, 0.2) is 0 Å². The van der Waals surface area contributed by atoms with Crippen LogP contribution in [0, 0.1) is 0 Å². The number of halogens is 1. The lowest BCUT2D eigenvalue weighted by atomic mass is 10.0. The molecule has 0 unspecified atom stereocenters. The highest BCUT2D eigenvalue weighted by molar-refractivity contribution is 9.11. The molecule has 1 saturated heterocycles. The highest BCUT2D eigenvalue weighted by Gasteiger charge is 2.22. The third kappa shape index (κ3) is 4.16. The molecule has 0 aliphatic carbocycles. The van der Waals surface area contributed by atoms with E-state index < -0.39 is 0 Å². The van der Waals surface area contributed by atoms with Crippen molar-refractivity contribution in [1.29, 1.82) is 0 Å². The molecule has 1 aliphatic rings. The van der Waals surface area contributed by atoms with Gasteiger partial charge in [-0.15, -0.1) is 11.3 Å². The molecule has 0 saturated carbocycles. The van der Waals surface area contributed by atoms with Gasteiger partial charge < -0.3 is 9.80 Å². The first-order valence-electron chi connectivity index (χ1n) is 6.43. The van der Waals surface area contributed by atoms with Crippen molar-refractivity contribution < 1.29 is 4.79 Å². The van der Waals surface area contributed by atoms with E-state index in [-0.39, 0.29) is 5.91 Å². The molecule has 2 rings (SSSR count). The molecule has 3 nitrogen and oxygen atoms in total. The Kier molecular flexibility index (Phi) is 5.19. The van der Waals surface area contributed by atoms with Crippen LogP contribution in [-0.2, 0) is 4.79 Å². The number of nitrogens with zero attached hydrogens (tertiary/aromatic N) is 2. The second-order valence-electron chi connectivity index (χ2n) is 5.04. The monoisotopic (exact) mass is 342 g/mol. The summed E-state index contributed by atoms with van der Waals surface area (Å²) in [7, 11) is 4.22. The fraction of sp³-hybridized carbons (Fsp3) is 0.500. The van der Waals surface area contributed by atoms with Crippen molar-refractivity contribution in [3.63, 3.8) is 0 Å². The number of carbonyl (C=O) groups excluding carboxylic acids is 1. The van der Waals surface area contributed by atoms with Gasteiger partial charge in [-0.1, -0.05) is 0 Å². The summed E-state index contributed by atoms with van der Waals surface area (Å²) in [5.41, 5.74) is 1.08. The largest absolute Gasteiger partial charge is 0.339 e. The number of rotatable bonds is 3. The Morgan fingerprint density at radius 1 is 1.47 bits per heavy atom. The molecule has 1 amide bonds. The third-order valence-corrected chi connectivity index (χ3v) is 5.04. The standard InChI is InChI=1S/C14H19BrN2OS/c1-16(2)12-5-7-17(8-6-12)14(18)4-3-11-9-13(15)19-10-11/h3-4,9-10,12H,5-8H2,1-2H3/b4-3-. The molecule has 1 aromatic heterocycles. The normalized spacial score (nSPS) is 17.6. The van der Waals surface area contributed by atoms with Crippen LogP contribution in [0.1, 0.15) is 18.4 Å². The molecule has 0 radical (unpaired) electrons. The maximum Gasteiger partial charge on any atom is 0.246 e. The van der Waals surface area contributed by atoms with Gasteiger partial charge in [-0.3, -0.25) is 4.79 Å². The molecule has 0 aromatic carbocycles. The smallest absolute Gasteiger partial charge is 0.246 e. The maximum absolute atomic E-state index is 12.1. The summed E-state index contributed by atoms with van der Waals surface area (Å²) in [5, 5.41) is 2.03. The van der Waals surface area contributed by atoms with E-state index in [1.54, 1.807) is 17.4 Å². The highest BCUT2D eigenvalue weighted by Crippen LogP contribution is 2.21. The number of hydrogen-bond donors (Lipinski definition) is 0. The number of amides is 1. The van der Waals surface area contributed by atoms with Gasteiger partial charge in [-0.2, -0.15) is 0 Å². The summed E-state index contributed by atoms with van der Waals surface area (Å²) in [5.74, 6) is 0.125. The third-order valence-electron chi connectivity index (χ3n) is 3.51. The lowest BCUT2D eigenvalue weighted by molar-refractivity contribution is -0.127. The van der Waals surface area contributed by atoms with Crippen LogP contribution in [0.5, 0.6) is 0 Å². The predicted molar refractivity (Wildman–Crippen MR) is 84.3 cm³/mol. The van der Waals surface area contributed by atoms with Crippen LogP contribution < -0.4 is 0 Å². The van der Waals surface area contributed by atoms with Crippen molar-refractivity contribution in [3.05, 3.63) is 26.9 Å². The fourth-order valence-corrected chi connectivity index (χ4v) is 3.43. The van der Waals surface area contributed by atoms with Crippen LogP contribution >= 0.6 is 27.3 Å². The van der Waals surface area contributed by atoms with E-state index in [4.69, 9.17) is 0 Å². The Morgan fingerprint density at radius 2 is 2.16 bits per heavy atom. The number of hydrogen-bond acceptors (Lipinski definition) is 3. The zero-order chi connectivity index (χ0) is 13.8. The van der Waals surface area contributed by atoms with Crippen molar-refractivity contribution >= 4 is 39.2 Å². The van der Waals surface area contributed by atoms with Crippen molar-refractivity contribution in [2.24, 2.45) is 0 Å². The first-order chi connectivity index (χ1) is 9.06. The summed E-state index contributed by atoms with van der Waals surface area (Å²) < 4.78 is 1.09. The zero-order valence-electron chi connectivity index (χ0n) is 11.3. The van der Waals surface area contributed by atoms with Crippen LogP contribution in [0.4, 0.5) is 0 Å². The topological polar surface area (TPSA) is 23.6 Å². The second-order valence-corrected chi connectivity index (χ2v) is 7.33. The molecule has 0 bridgehead atoms. The van der Waals surface area contributed by atoms with Crippen LogP contribution in [0.3, 0.4) is 0 Å². The van der Waals surface area contributed by atoms with Gasteiger partial charge in [-0.05, 0) is 66.0 Å². The van der Waals surface area contributed by atoms with E-state index in [9.17, 15) is 4.79 Å². The number of carbonyl (C=O) groups is 1. The first kappa shape index (κ1) is 14.8. The summed E-state index contributed by atoms with van der Waals surface area (Å²) >= 11 is 5.05. The zero-order valence-corrected chi connectivity index (χ0v) is 13.7. The van der Waals surface area contributed by atoms with Crippen LogP contribution in [0.15, 0.2) is 21.3 Å². The Labute approximate surface area is 127 Å². The fourth-order valence-electron chi connectivity index (χ4n) is 2.29. The predicted octanol–water partition coefficient (Wildman–Crippen LogP) is 3.08. The molecule has 2 heterocycles. The van der Waals surface area contributed by atoms with Crippen molar-refractivity contribution in [1.82, 2.24) is 9.80 Å². The molecule has 19 heavy (non-hydrogen) atoms. The molecule has 1 fully saturated rings. The van der Waals surface area contributed by atoms with Gasteiger partial charge in [0, 0.05) is 25.2 Å². The Morgan fingerprint density at radius 3 is 2.68 bits per heavy atom. The van der Waals surface area contributed by atoms with Crippen LogP contribution in [-0.4, -0.2) is 48.9 Å². The first-order valence-corrected chi connectivity index (χ1v) is 8.11. The SMILES string of the molecule is CN(C)C1CCN(C(=O)/C=C\c2csc(Br)c2)CC1. The minimum Gasteiger partial charge on any atom is -0.339 e. The lowest BCUT2D eigenvalue weighted by Crippen LogP contribution is -2.43. The van der Waals surface area contributed by atoms with Crippen molar-refractivity contribution in [2.75, 3.05) is 27.2 Å². The van der Waals surface area contributed by atoms with E-state index >= 15 is 0 Å². The summed E-state index contributed by atoms with van der Waals surface area (Å²) in [6, 6.07) is 2.63. The van der Waals surface area contributed by atoms with Crippen molar-refractivity contribution in [2.45, 2.75) is 18.9 Å². The molecular formula is C14H19BrN2OS. The minimum atomic E-state index is 0.125. The average molecular weight is 343 g/mol. The van der Waals surface area contributed by atoms with Crippen LogP contribution in [0.25, 0.3) is 6.08 Å². The average Bonchev–Trinajstić information content (AvgIpc) is 2.82. The summed E-state index contributed by atoms with van der Waals surface area (Å²) in [4.78, 5) is 16.3. The molecule has 0 atom stereocenters.